The first-order chi connectivity index (χ1) is 11.6. The van der Waals surface area contributed by atoms with Crippen molar-refractivity contribution in [1.29, 1.82) is 0 Å². The van der Waals surface area contributed by atoms with E-state index in [1.165, 1.54) is 0 Å². The molecule has 0 aliphatic heterocycles. The van der Waals surface area contributed by atoms with Gasteiger partial charge >= 0.3 is 0 Å². The van der Waals surface area contributed by atoms with Gasteiger partial charge in [-0.25, -0.2) is 4.98 Å². The lowest BCUT2D eigenvalue weighted by atomic mass is 10.1. The summed E-state index contributed by atoms with van der Waals surface area (Å²) in [7, 11) is 0. The largest absolute Gasteiger partial charge is 0.355 e. The van der Waals surface area contributed by atoms with Gasteiger partial charge < -0.3 is 5.32 Å². The summed E-state index contributed by atoms with van der Waals surface area (Å²) in [5.74, 6) is -0.0388. The Hall–Kier alpha value is -1.40. The molecule has 24 heavy (non-hydrogen) atoms. The van der Waals surface area contributed by atoms with Crippen molar-refractivity contribution in [2.45, 2.75) is 12.8 Å². The zero-order chi connectivity index (χ0) is 16.9. The van der Waals surface area contributed by atoms with Gasteiger partial charge in [-0.3, -0.25) is 4.79 Å². The molecule has 124 valence electrons. The summed E-state index contributed by atoms with van der Waals surface area (Å²) in [4.78, 5) is 17.7. The molecule has 0 atom stereocenters. The van der Waals surface area contributed by atoms with E-state index in [9.17, 15) is 4.79 Å². The molecule has 1 amide bonds. The van der Waals surface area contributed by atoms with Crippen molar-refractivity contribution in [3.05, 3.63) is 62.4 Å². The molecule has 1 aromatic carbocycles. The van der Waals surface area contributed by atoms with E-state index in [0.29, 0.717) is 23.0 Å². The Morgan fingerprint density at radius 3 is 2.83 bits per heavy atom. The third-order valence-corrected chi connectivity index (χ3v) is 5.87. The molecular formula is C17H14Cl2N2OS2. The van der Waals surface area contributed by atoms with E-state index in [-0.39, 0.29) is 12.3 Å². The molecule has 0 radical (unpaired) electrons. The third kappa shape index (κ3) is 4.57. The highest BCUT2D eigenvalue weighted by Crippen LogP contribution is 2.27. The summed E-state index contributed by atoms with van der Waals surface area (Å²) in [6.07, 6.45) is 0.954. The monoisotopic (exact) mass is 396 g/mol. The molecule has 3 nitrogen and oxygen atoms in total. The Balaban J connectivity index is 1.49. The van der Waals surface area contributed by atoms with Gasteiger partial charge in [-0.15, -0.1) is 22.7 Å². The van der Waals surface area contributed by atoms with Crippen molar-refractivity contribution < 1.29 is 4.79 Å². The minimum Gasteiger partial charge on any atom is -0.355 e. The normalized spacial score (nSPS) is 10.8. The van der Waals surface area contributed by atoms with Gasteiger partial charge in [0.1, 0.15) is 5.01 Å². The van der Waals surface area contributed by atoms with Gasteiger partial charge in [0.2, 0.25) is 5.91 Å². The van der Waals surface area contributed by atoms with Crippen LogP contribution >= 0.6 is 45.9 Å². The molecule has 3 aromatic rings. The number of amides is 1. The van der Waals surface area contributed by atoms with Crippen molar-refractivity contribution in [2.75, 3.05) is 6.54 Å². The number of nitrogens with one attached hydrogen (secondary N) is 1. The van der Waals surface area contributed by atoms with Crippen LogP contribution in [0.4, 0.5) is 0 Å². The summed E-state index contributed by atoms with van der Waals surface area (Å²) >= 11 is 15.2. The van der Waals surface area contributed by atoms with Gasteiger partial charge in [-0.2, -0.15) is 0 Å². The van der Waals surface area contributed by atoms with E-state index in [4.69, 9.17) is 23.2 Å². The number of nitrogens with zero attached hydrogens (tertiary/aromatic N) is 1. The number of thiophene rings is 1. The van der Waals surface area contributed by atoms with Crippen LogP contribution in [0.2, 0.25) is 10.0 Å². The van der Waals surface area contributed by atoms with Crippen LogP contribution in [0, 0.1) is 0 Å². The zero-order valence-corrected chi connectivity index (χ0v) is 15.7. The molecule has 0 spiro atoms. The smallest absolute Gasteiger partial charge is 0.226 e. The number of aromatic nitrogens is 1. The Morgan fingerprint density at radius 2 is 2.08 bits per heavy atom. The minimum absolute atomic E-state index is 0.0388. The average Bonchev–Trinajstić information content (AvgIpc) is 3.20. The Morgan fingerprint density at radius 1 is 1.21 bits per heavy atom. The third-order valence-electron chi connectivity index (χ3n) is 3.36. The van der Waals surface area contributed by atoms with E-state index < -0.39 is 0 Å². The number of thiazole rings is 1. The Labute approximate surface area is 158 Å². The fourth-order valence-corrected chi connectivity index (χ4v) is 4.33. The van der Waals surface area contributed by atoms with Gasteiger partial charge in [-0.1, -0.05) is 35.3 Å². The van der Waals surface area contributed by atoms with E-state index >= 15 is 0 Å². The molecule has 0 saturated heterocycles. The fourth-order valence-electron chi connectivity index (χ4n) is 2.19. The number of hydrogen-bond acceptors (Lipinski definition) is 4. The molecule has 1 N–H and O–H groups in total. The second-order valence-electron chi connectivity index (χ2n) is 5.13. The topological polar surface area (TPSA) is 42.0 Å². The van der Waals surface area contributed by atoms with Crippen LogP contribution < -0.4 is 5.32 Å². The number of carbonyl (C=O) groups is 1. The van der Waals surface area contributed by atoms with Crippen molar-refractivity contribution in [3.8, 4) is 9.88 Å². The van der Waals surface area contributed by atoms with Crippen LogP contribution in [-0.2, 0) is 17.6 Å². The number of benzene rings is 1. The van der Waals surface area contributed by atoms with Crippen molar-refractivity contribution >= 4 is 51.8 Å². The fraction of sp³-hybridized carbons (Fsp3) is 0.176. The van der Waals surface area contributed by atoms with Crippen LogP contribution in [0.5, 0.6) is 0 Å². The SMILES string of the molecule is O=C(Cc1csc(-c2cccs2)n1)NCCc1ccc(Cl)cc1Cl. The maximum Gasteiger partial charge on any atom is 0.226 e. The molecule has 3 rings (SSSR count). The van der Waals surface area contributed by atoms with Crippen LogP contribution in [-0.4, -0.2) is 17.4 Å². The molecule has 0 saturated carbocycles. The minimum atomic E-state index is -0.0388. The highest BCUT2D eigenvalue weighted by molar-refractivity contribution is 7.20. The van der Waals surface area contributed by atoms with E-state index in [1.54, 1.807) is 34.8 Å². The summed E-state index contributed by atoms with van der Waals surface area (Å²) in [6, 6.07) is 9.41. The molecule has 2 aromatic heterocycles. The summed E-state index contributed by atoms with van der Waals surface area (Å²) in [5, 5.41) is 9.05. The summed E-state index contributed by atoms with van der Waals surface area (Å²) in [6.45, 7) is 0.530. The molecule has 0 unspecified atom stereocenters. The number of halogens is 2. The van der Waals surface area contributed by atoms with Crippen LogP contribution in [0.15, 0.2) is 41.1 Å². The van der Waals surface area contributed by atoms with Gasteiger partial charge in [0.05, 0.1) is 17.0 Å². The second-order valence-corrected chi connectivity index (χ2v) is 7.78. The van der Waals surface area contributed by atoms with Gasteiger partial charge in [-0.05, 0) is 35.6 Å². The Bertz CT molecular complexity index is 831. The molecule has 0 aliphatic carbocycles. The lowest BCUT2D eigenvalue weighted by molar-refractivity contribution is -0.120. The zero-order valence-electron chi connectivity index (χ0n) is 12.6. The van der Waals surface area contributed by atoms with Crippen LogP contribution in [0.25, 0.3) is 9.88 Å². The van der Waals surface area contributed by atoms with E-state index in [1.807, 2.05) is 29.0 Å². The van der Waals surface area contributed by atoms with Crippen molar-refractivity contribution in [2.24, 2.45) is 0 Å². The lowest BCUT2D eigenvalue weighted by Gasteiger charge is -2.06. The first kappa shape index (κ1) is 17.4. The van der Waals surface area contributed by atoms with Gasteiger partial charge in [0.25, 0.3) is 0 Å². The first-order valence-electron chi connectivity index (χ1n) is 7.31. The lowest BCUT2D eigenvalue weighted by Crippen LogP contribution is -2.27. The van der Waals surface area contributed by atoms with E-state index in [2.05, 4.69) is 10.3 Å². The molecule has 7 heteroatoms. The number of carbonyl (C=O) groups excluding carboxylic acids is 1. The summed E-state index contributed by atoms with van der Waals surface area (Å²) in [5.41, 5.74) is 1.76. The number of rotatable bonds is 6. The van der Waals surface area contributed by atoms with Crippen molar-refractivity contribution in [1.82, 2.24) is 10.3 Å². The molecule has 0 aliphatic rings. The Kier molecular flexibility index (Phi) is 5.89. The standard InChI is InChI=1S/C17H14Cl2N2OS2/c18-12-4-3-11(14(19)8-12)5-6-20-16(22)9-13-10-24-17(21-13)15-2-1-7-23-15/h1-4,7-8,10H,5-6,9H2,(H,20,22). The van der Waals surface area contributed by atoms with Crippen molar-refractivity contribution in [3.63, 3.8) is 0 Å². The quantitative estimate of drug-likeness (QED) is 0.630. The predicted molar refractivity (Wildman–Crippen MR) is 102 cm³/mol. The molecular weight excluding hydrogens is 383 g/mol. The summed E-state index contributed by atoms with van der Waals surface area (Å²) < 4.78 is 0. The van der Waals surface area contributed by atoms with Crippen LogP contribution in [0.3, 0.4) is 0 Å². The highest BCUT2D eigenvalue weighted by atomic mass is 35.5. The van der Waals surface area contributed by atoms with Crippen LogP contribution in [0.1, 0.15) is 11.3 Å². The maximum atomic E-state index is 12.0. The van der Waals surface area contributed by atoms with Gasteiger partial charge in [0, 0.05) is 22.0 Å². The highest BCUT2D eigenvalue weighted by Gasteiger charge is 2.10. The van der Waals surface area contributed by atoms with Gasteiger partial charge in [0.15, 0.2) is 0 Å². The maximum absolute atomic E-state index is 12.0. The molecule has 0 bridgehead atoms. The number of hydrogen-bond donors (Lipinski definition) is 1. The van der Waals surface area contributed by atoms with E-state index in [0.717, 1.165) is 21.1 Å². The first-order valence-corrected chi connectivity index (χ1v) is 9.82. The second kappa shape index (κ2) is 8.12. The molecule has 0 fully saturated rings. The molecule has 2 heterocycles. The average molecular weight is 397 g/mol. The predicted octanol–water partition coefficient (Wildman–Crippen LogP) is 5.08.